The molecule has 23 heavy (non-hydrogen) atoms. The van der Waals surface area contributed by atoms with Crippen LogP contribution in [0.4, 0.5) is 5.69 Å². The molecule has 3 nitrogen and oxygen atoms in total. The van der Waals surface area contributed by atoms with Gasteiger partial charge in [-0.25, -0.2) is 0 Å². The van der Waals surface area contributed by atoms with Crippen LogP contribution in [0.25, 0.3) is 0 Å². The van der Waals surface area contributed by atoms with E-state index in [0.29, 0.717) is 28.1 Å². The number of anilines is 1. The molecule has 2 rings (SSSR count). The molecule has 0 unspecified atom stereocenters. The third kappa shape index (κ3) is 4.71. The van der Waals surface area contributed by atoms with E-state index < -0.39 is 0 Å². The van der Waals surface area contributed by atoms with Crippen LogP contribution in [0.5, 0.6) is 11.5 Å². The van der Waals surface area contributed by atoms with Crippen LogP contribution in [0.2, 0.25) is 10.0 Å². The first-order chi connectivity index (χ1) is 11.0. The van der Waals surface area contributed by atoms with Crippen LogP contribution >= 0.6 is 39.1 Å². The van der Waals surface area contributed by atoms with Crippen molar-refractivity contribution in [2.75, 3.05) is 19.0 Å². The van der Waals surface area contributed by atoms with Gasteiger partial charge in [0.2, 0.25) is 0 Å². The zero-order valence-electron chi connectivity index (χ0n) is 12.3. The predicted octanol–water partition coefficient (Wildman–Crippen LogP) is 5.39. The van der Waals surface area contributed by atoms with Gasteiger partial charge >= 0.3 is 0 Å². The summed E-state index contributed by atoms with van der Waals surface area (Å²) in [5.74, 6) is 3.62. The van der Waals surface area contributed by atoms with Crippen molar-refractivity contribution < 1.29 is 9.47 Å². The lowest BCUT2D eigenvalue weighted by Crippen LogP contribution is -2.03. The van der Waals surface area contributed by atoms with Gasteiger partial charge in [-0.05, 0) is 51.8 Å². The summed E-state index contributed by atoms with van der Waals surface area (Å²) in [6, 6.07) is 9.13. The maximum Gasteiger partial charge on any atom is 0.176 e. The molecule has 0 atom stereocenters. The summed E-state index contributed by atoms with van der Waals surface area (Å²) in [4.78, 5) is 0. The highest BCUT2D eigenvalue weighted by Gasteiger charge is 2.12. The van der Waals surface area contributed by atoms with Gasteiger partial charge in [0.1, 0.15) is 6.61 Å². The molecule has 0 aromatic heterocycles. The molecule has 1 N–H and O–H groups in total. The van der Waals surface area contributed by atoms with Crippen LogP contribution in [-0.2, 0) is 6.54 Å². The average molecular weight is 415 g/mol. The van der Waals surface area contributed by atoms with Crippen molar-refractivity contribution in [2.45, 2.75) is 6.54 Å². The average Bonchev–Trinajstić information content (AvgIpc) is 2.52. The SMILES string of the molecule is C#CCOc1c(Br)cc(CNc2ccc(Cl)cc2Cl)cc1OC. The van der Waals surface area contributed by atoms with Crippen LogP contribution in [0.15, 0.2) is 34.8 Å². The topological polar surface area (TPSA) is 30.5 Å². The highest BCUT2D eigenvalue weighted by atomic mass is 79.9. The number of rotatable bonds is 6. The molecule has 0 spiro atoms. The van der Waals surface area contributed by atoms with E-state index in [0.717, 1.165) is 15.7 Å². The summed E-state index contributed by atoms with van der Waals surface area (Å²) in [7, 11) is 1.58. The van der Waals surface area contributed by atoms with E-state index >= 15 is 0 Å². The van der Waals surface area contributed by atoms with E-state index in [-0.39, 0.29) is 6.61 Å². The van der Waals surface area contributed by atoms with Crippen LogP contribution in [0, 0.1) is 12.3 Å². The van der Waals surface area contributed by atoms with Gasteiger partial charge < -0.3 is 14.8 Å². The quantitative estimate of drug-likeness (QED) is 0.643. The first kappa shape index (κ1) is 17.8. The third-order valence-electron chi connectivity index (χ3n) is 3.00. The molecule has 0 amide bonds. The van der Waals surface area contributed by atoms with Crippen molar-refractivity contribution in [2.24, 2.45) is 0 Å². The van der Waals surface area contributed by atoms with Gasteiger partial charge in [0.05, 0.1) is 22.3 Å². The Morgan fingerprint density at radius 3 is 2.70 bits per heavy atom. The number of benzene rings is 2. The Morgan fingerprint density at radius 1 is 1.26 bits per heavy atom. The Morgan fingerprint density at radius 2 is 2.04 bits per heavy atom. The molecule has 0 radical (unpaired) electrons. The van der Waals surface area contributed by atoms with Crippen LogP contribution in [0.3, 0.4) is 0 Å². The minimum Gasteiger partial charge on any atom is -0.493 e. The molecule has 0 aliphatic carbocycles. The molecule has 120 valence electrons. The molecular formula is C17H14BrCl2NO2. The van der Waals surface area contributed by atoms with E-state index in [1.54, 1.807) is 19.2 Å². The van der Waals surface area contributed by atoms with Crippen LogP contribution in [-0.4, -0.2) is 13.7 Å². The second-order valence-corrected chi connectivity index (χ2v) is 6.28. The van der Waals surface area contributed by atoms with Gasteiger partial charge in [0, 0.05) is 11.6 Å². The summed E-state index contributed by atoms with van der Waals surface area (Å²) >= 11 is 15.5. The molecule has 0 aliphatic rings. The fraction of sp³-hybridized carbons (Fsp3) is 0.176. The number of hydrogen-bond acceptors (Lipinski definition) is 3. The minimum atomic E-state index is 0.174. The molecule has 0 aliphatic heterocycles. The van der Waals surface area contributed by atoms with E-state index in [1.165, 1.54) is 0 Å². The highest BCUT2D eigenvalue weighted by Crippen LogP contribution is 2.37. The Balaban J connectivity index is 2.17. The summed E-state index contributed by atoms with van der Waals surface area (Å²) < 4.78 is 11.6. The number of hydrogen-bond donors (Lipinski definition) is 1. The van der Waals surface area contributed by atoms with Crippen molar-refractivity contribution in [1.82, 2.24) is 0 Å². The fourth-order valence-electron chi connectivity index (χ4n) is 1.96. The number of halogens is 3. The van der Waals surface area contributed by atoms with Gasteiger partial charge in [-0.3, -0.25) is 0 Å². The minimum absolute atomic E-state index is 0.174. The van der Waals surface area contributed by atoms with Crippen molar-refractivity contribution >= 4 is 44.8 Å². The predicted molar refractivity (Wildman–Crippen MR) is 98.8 cm³/mol. The molecule has 0 bridgehead atoms. The summed E-state index contributed by atoms with van der Waals surface area (Å²) in [6.45, 7) is 0.735. The normalized spacial score (nSPS) is 10.0. The van der Waals surface area contributed by atoms with Crippen molar-refractivity contribution in [1.29, 1.82) is 0 Å². The lowest BCUT2D eigenvalue weighted by molar-refractivity contribution is 0.328. The standard InChI is InChI=1S/C17H14BrCl2NO2/c1-3-6-23-17-13(18)7-11(8-16(17)22-2)10-21-15-5-4-12(19)9-14(15)20/h1,4-5,7-9,21H,6,10H2,2H3. The monoisotopic (exact) mass is 413 g/mol. The van der Waals surface area contributed by atoms with E-state index in [9.17, 15) is 0 Å². The Kier molecular flexibility index (Phi) is 6.47. The van der Waals surface area contributed by atoms with Gasteiger partial charge in [-0.15, -0.1) is 6.42 Å². The lowest BCUT2D eigenvalue weighted by atomic mass is 10.2. The van der Waals surface area contributed by atoms with E-state index in [2.05, 4.69) is 27.2 Å². The van der Waals surface area contributed by atoms with E-state index in [4.69, 9.17) is 39.1 Å². The smallest absolute Gasteiger partial charge is 0.176 e. The Bertz CT molecular complexity index is 744. The van der Waals surface area contributed by atoms with Crippen molar-refractivity contribution in [3.8, 4) is 23.8 Å². The Hall–Kier alpha value is -1.54. The highest BCUT2D eigenvalue weighted by molar-refractivity contribution is 9.10. The first-order valence-corrected chi connectivity index (χ1v) is 8.21. The van der Waals surface area contributed by atoms with Gasteiger partial charge in [-0.2, -0.15) is 0 Å². The van der Waals surface area contributed by atoms with Crippen molar-refractivity contribution in [3.05, 3.63) is 50.4 Å². The molecule has 6 heteroatoms. The zero-order valence-corrected chi connectivity index (χ0v) is 15.4. The van der Waals surface area contributed by atoms with Crippen LogP contribution < -0.4 is 14.8 Å². The molecular weight excluding hydrogens is 401 g/mol. The summed E-state index contributed by atoms with van der Waals surface area (Å²) in [6.07, 6.45) is 5.22. The Labute approximate surface area is 154 Å². The maximum atomic E-state index is 6.15. The number of nitrogens with one attached hydrogen (secondary N) is 1. The molecule has 2 aromatic rings. The first-order valence-electron chi connectivity index (χ1n) is 6.66. The molecule has 2 aromatic carbocycles. The number of terminal acetylenes is 1. The van der Waals surface area contributed by atoms with Gasteiger partial charge in [0.25, 0.3) is 0 Å². The molecule has 0 heterocycles. The van der Waals surface area contributed by atoms with Crippen molar-refractivity contribution in [3.63, 3.8) is 0 Å². The third-order valence-corrected chi connectivity index (χ3v) is 4.14. The van der Waals surface area contributed by atoms with Gasteiger partial charge in [0.15, 0.2) is 11.5 Å². The summed E-state index contributed by atoms with van der Waals surface area (Å²) in [5.41, 5.74) is 1.80. The maximum absolute atomic E-state index is 6.15. The lowest BCUT2D eigenvalue weighted by Gasteiger charge is -2.14. The van der Waals surface area contributed by atoms with Gasteiger partial charge in [-0.1, -0.05) is 29.1 Å². The summed E-state index contributed by atoms with van der Waals surface area (Å²) in [5, 5.41) is 4.42. The number of ether oxygens (including phenoxy) is 2. The zero-order chi connectivity index (χ0) is 16.8. The molecule has 0 saturated heterocycles. The fourth-order valence-corrected chi connectivity index (χ4v) is 3.04. The van der Waals surface area contributed by atoms with E-state index in [1.807, 2.05) is 18.2 Å². The van der Waals surface area contributed by atoms with Crippen LogP contribution in [0.1, 0.15) is 5.56 Å². The molecule has 0 fully saturated rings. The largest absolute Gasteiger partial charge is 0.493 e. The molecule has 0 saturated carbocycles. The second kappa shape index (κ2) is 8.35. The second-order valence-electron chi connectivity index (χ2n) is 4.58. The number of methoxy groups -OCH3 is 1.